The molecule has 2 amide bonds. The number of rotatable bonds is 8. The molecule has 3 aromatic rings. The summed E-state index contributed by atoms with van der Waals surface area (Å²) in [7, 11) is 0. The summed E-state index contributed by atoms with van der Waals surface area (Å²) in [6, 6.07) is 9.92. The van der Waals surface area contributed by atoms with Crippen LogP contribution in [0.5, 0.6) is 0 Å². The molecule has 0 aliphatic carbocycles. The van der Waals surface area contributed by atoms with Crippen molar-refractivity contribution in [1.29, 1.82) is 0 Å². The van der Waals surface area contributed by atoms with Crippen LogP contribution in [-0.4, -0.2) is 79.3 Å². The van der Waals surface area contributed by atoms with Gasteiger partial charge in [-0.15, -0.1) is 5.06 Å². The van der Waals surface area contributed by atoms with E-state index in [0.29, 0.717) is 34.4 Å². The van der Waals surface area contributed by atoms with E-state index in [1.807, 2.05) is 0 Å². The number of nitrogens with zero attached hydrogens (tertiary/aromatic N) is 6. The Labute approximate surface area is 253 Å². The molecule has 3 aliphatic heterocycles. The Morgan fingerprint density at radius 2 is 1.88 bits per heavy atom. The van der Waals surface area contributed by atoms with Crippen LogP contribution in [0.1, 0.15) is 6.42 Å². The number of amidine groups is 1. The summed E-state index contributed by atoms with van der Waals surface area (Å²) < 4.78 is 15.3. The van der Waals surface area contributed by atoms with Crippen LogP contribution in [0.25, 0.3) is 11.1 Å². The maximum absolute atomic E-state index is 15.3. The molecule has 220 valence electrons. The SMILES string of the molecule is NC(=O)C1=NN(CC(=O)ON2CC[C@H]2C(=O)Nc2cccc(-c3ccccc3Cl)c2F)C2SC(Nc3cncnc3)=NC12. The number of anilines is 2. The van der Waals surface area contributed by atoms with E-state index in [0.717, 1.165) is 0 Å². The van der Waals surface area contributed by atoms with Crippen LogP contribution in [0, 0.1) is 5.82 Å². The molecule has 3 atom stereocenters. The number of aliphatic imine (C=N–C) groups is 1. The number of fused-ring (bicyclic) bond motifs is 1. The van der Waals surface area contributed by atoms with Gasteiger partial charge in [-0.3, -0.25) is 14.6 Å². The van der Waals surface area contributed by atoms with Crippen molar-refractivity contribution < 1.29 is 23.6 Å². The number of aromatic nitrogens is 2. The molecule has 0 bridgehead atoms. The van der Waals surface area contributed by atoms with Gasteiger partial charge < -0.3 is 21.2 Å². The first kappa shape index (κ1) is 28.5. The van der Waals surface area contributed by atoms with Gasteiger partial charge >= 0.3 is 5.97 Å². The maximum atomic E-state index is 15.3. The first-order valence-corrected chi connectivity index (χ1v) is 14.3. The molecule has 43 heavy (non-hydrogen) atoms. The number of amides is 2. The standard InChI is InChI=1S/C27H23ClFN9O4S/c28-17-6-2-1-4-15(17)16-5-3-7-18(21(16)29)34-25(41)19-8-9-38(19)42-20(39)12-37-26-23(22(36-37)24(30)40)35-27(43-26)33-14-10-31-13-32-11-14/h1-7,10-11,13,19,23,26H,8-9,12H2,(H2,30,40)(H,33,35)(H,34,41)/t19-,23?,26?/m0/s1. The molecular weight excluding hydrogens is 601 g/mol. The predicted octanol–water partition coefficient (Wildman–Crippen LogP) is 2.47. The van der Waals surface area contributed by atoms with Crippen LogP contribution in [0.3, 0.4) is 0 Å². The molecule has 0 radical (unpaired) electrons. The minimum Gasteiger partial charge on any atom is -0.365 e. The lowest BCUT2D eigenvalue weighted by Gasteiger charge is -2.37. The molecule has 2 unspecified atom stereocenters. The largest absolute Gasteiger partial charge is 0.365 e. The van der Waals surface area contributed by atoms with Crippen LogP contribution in [0.4, 0.5) is 15.8 Å². The topological polar surface area (TPSA) is 168 Å². The van der Waals surface area contributed by atoms with E-state index in [4.69, 9.17) is 22.2 Å². The molecule has 4 heterocycles. The first-order valence-electron chi connectivity index (χ1n) is 13.0. The summed E-state index contributed by atoms with van der Waals surface area (Å²) in [5, 5.41) is 12.8. The van der Waals surface area contributed by atoms with Crippen LogP contribution in [0.2, 0.25) is 5.02 Å². The van der Waals surface area contributed by atoms with Crippen molar-refractivity contribution in [2.75, 3.05) is 23.7 Å². The highest BCUT2D eigenvalue weighted by atomic mass is 35.5. The molecule has 1 aromatic heterocycles. The predicted molar refractivity (Wildman–Crippen MR) is 158 cm³/mol. The average molecular weight is 624 g/mol. The summed E-state index contributed by atoms with van der Waals surface area (Å²) in [5.41, 5.74) is 6.82. The van der Waals surface area contributed by atoms with Gasteiger partial charge in [-0.05, 0) is 18.6 Å². The molecule has 0 spiro atoms. The van der Waals surface area contributed by atoms with E-state index in [1.54, 1.807) is 48.8 Å². The van der Waals surface area contributed by atoms with E-state index in [2.05, 4.69) is 30.7 Å². The number of hydroxylamine groups is 2. The van der Waals surface area contributed by atoms with Crippen molar-refractivity contribution in [3.63, 3.8) is 0 Å². The monoisotopic (exact) mass is 623 g/mol. The summed E-state index contributed by atoms with van der Waals surface area (Å²) in [4.78, 5) is 55.7. The van der Waals surface area contributed by atoms with E-state index in [-0.39, 0.29) is 23.5 Å². The van der Waals surface area contributed by atoms with E-state index in [1.165, 1.54) is 34.2 Å². The zero-order valence-corrected chi connectivity index (χ0v) is 23.8. The van der Waals surface area contributed by atoms with Gasteiger partial charge in [0.1, 0.15) is 30.3 Å². The number of halogens is 2. The van der Waals surface area contributed by atoms with Crippen molar-refractivity contribution in [3.05, 3.63) is 72.0 Å². The van der Waals surface area contributed by atoms with Gasteiger partial charge in [-0.2, -0.15) is 5.10 Å². The zero-order valence-electron chi connectivity index (χ0n) is 22.2. The van der Waals surface area contributed by atoms with Gasteiger partial charge in [-0.25, -0.2) is 24.1 Å². The van der Waals surface area contributed by atoms with Crippen LogP contribution < -0.4 is 16.4 Å². The molecule has 1 saturated heterocycles. The lowest BCUT2D eigenvalue weighted by atomic mass is 10.0. The molecule has 0 saturated carbocycles. The lowest BCUT2D eigenvalue weighted by Crippen LogP contribution is -2.55. The highest BCUT2D eigenvalue weighted by Crippen LogP contribution is 2.36. The number of benzene rings is 2. The Morgan fingerprint density at radius 1 is 1.12 bits per heavy atom. The number of carbonyl (C=O) groups is 3. The molecule has 13 nitrogen and oxygen atoms in total. The Hall–Kier alpha value is -4.60. The van der Waals surface area contributed by atoms with Gasteiger partial charge in [0.25, 0.3) is 5.91 Å². The van der Waals surface area contributed by atoms with E-state index in [9.17, 15) is 14.4 Å². The van der Waals surface area contributed by atoms with Gasteiger partial charge in [0.15, 0.2) is 16.7 Å². The number of primary amides is 1. The second kappa shape index (κ2) is 11.9. The van der Waals surface area contributed by atoms with Crippen molar-refractivity contribution in [2.24, 2.45) is 15.8 Å². The fourth-order valence-electron chi connectivity index (χ4n) is 4.70. The molecule has 1 fully saturated rings. The second-order valence-corrected chi connectivity index (χ2v) is 11.1. The maximum Gasteiger partial charge on any atom is 0.346 e. The number of hydrogen-bond acceptors (Lipinski definition) is 12. The van der Waals surface area contributed by atoms with Crippen molar-refractivity contribution in [3.8, 4) is 11.1 Å². The van der Waals surface area contributed by atoms with Crippen LogP contribution >= 0.6 is 23.4 Å². The number of thioether (sulfide) groups is 1. The van der Waals surface area contributed by atoms with Crippen LogP contribution in [-0.2, 0) is 19.2 Å². The Morgan fingerprint density at radius 3 is 2.60 bits per heavy atom. The lowest BCUT2D eigenvalue weighted by molar-refractivity contribution is -0.225. The quantitative estimate of drug-likeness (QED) is 0.339. The van der Waals surface area contributed by atoms with Gasteiger partial charge in [-0.1, -0.05) is 53.7 Å². The third kappa shape index (κ3) is 5.86. The molecule has 16 heteroatoms. The van der Waals surface area contributed by atoms with E-state index < -0.39 is 41.1 Å². The van der Waals surface area contributed by atoms with Crippen LogP contribution in [0.15, 0.2) is 71.3 Å². The summed E-state index contributed by atoms with van der Waals surface area (Å²) in [6.45, 7) is -0.0273. The first-order chi connectivity index (χ1) is 20.8. The minimum atomic E-state index is -0.823. The number of carbonyl (C=O) groups excluding carboxylic acids is 3. The molecule has 3 aliphatic rings. The molecule has 2 aromatic carbocycles. The minimum absolute atomic E-state index is 0.00802. The van der Waals surface area contributed by atoms with Gasteiger partial charge in [0.2, 0.25) is 5.91 Å². The number of nitrogens with one attached hydrogen (secondary N) is 2. The number of hydrogen-bond donors (Lipinski definition) is 3. The summed E-state index contributed by atoms with van der Waals surface area (Å²) >= 11 is 7.49. The normalized spacial score (nSPS) is 20.9. The van der Waals surface area contributed by atoms with Crippen molar-refractivity contribution in [2.45, 2.75) is 23.9 Å². The zero-order chi connectivity index (χ0) is 30.1. The molecule has 6 rings (SSSR count). The third-order valence-electron chi connectivity index (χ3n) is 6.84. The van der Waals surface area contributed by atoms with Crippen molar-refractivity contribution >= 4 is 63.4 Å². The van der Waals surface area contributed by atoms with Crippen molar-refractivity contribution in [1.82, 2.24) is 20.0 Å². The fourth-order valence-corrected chi connectivity index (χ4v) is 6.08. The molecule has 4 N–H and O–H groups in total. The number of hydrazone groups is 1. The van der Waals surface area contributed by atoms with Gasteiger partial charge in [0.05, 0.1) is 23.8 Å². The summed E-state index contributed by atoms with van der Waals surface area (Å²) in [6.07, 6.45) is 4.91. The van der Waals surface area contributed by atoms with Gasteiger partial charge in [0, 0.05) is 22.7 Å². The number of nitrogens with two attached hydrogens (primary N) is 1. The molecular formula is C27H23ClFN9O4S. The highest BCUT2D eigenvalue weighted by molar-refractivity contribution is 8.15. The fraction of sp³-hybridized carbons (Fsp3) is 0.222. The Bertz CT molecular complexity index is 1660. The third-order valence-corrected chi connectivity index (χ3v) is 8.34. The highest BCUT2D eigenvalue weighted by Gasteiger charge is 2.46. The Kier molecular flexibility index (Phi) is 7.92. The summed E-state index contributed by atoms with van der Waals surface area (Å²) in [5.74, 6) is -2.64. The van der Waals surface area contributed by atoms with E-state index >= 15 is 4.39 Å². The second-order valence-electron chi connectivity index (χ2n) is 9.63. The Balaban J connectivity index is 1.07. The smallest absolute Gasteiger partial charge is 0.346 e. The average Bonchev–Trinajstić information content (AvgIpc) is 3.52.